The molecule has 0 aromatic carbocycles. The van der Waals surface area contributed by atoms with Gasteiger partial charge in [0.2, 0.25) is 0 Å². The minimum absolute atomic E-state index is 0.374. The SMILES string of the molecule is C=C1CC[C@@H](O)[C@@](C)(O)CC[C@@H]2[C@@H]1CC2(C)C. The van der Waals surface area contributed by atoms with Crippen molar-refractivity contribution in [3.05, 3.63) is 12.2 Å². The van der Waals surface area contributed by atoms with Crippen molar-refractivity contribution < 1.29 is 10.2 Å². The van der Waals surface area contributed by atoms with Crippen LogP contribution >= 0.6 is 0 Å². The Hall–Kier alpha value is -0.340. The summed E-state index contributed by atoms with van der Waals surface area (Å²) in [7, 11) is 0. The van der Waals surface area contributed by atoms with Crippen LogP contribution in [-0.2, 0) is 0 Å². The monoisotopic (exact) mass is 238 g/mol. The van der Waals surface area contributed by atoms with Gasteiger partial charge in [0, 0.05) is 0 Å². The highest BCUT2D eigenvalue weighted by Crippen LogP contribution is 2.57. The first-order valence-corrected chi connectivity index (χ1v) is 6.82. The zero-order chi connectivity index (χ0) is 12.8. The molecule has 0 aromatic rings. The van der Waals surface area contributed by atoms with E-state index in [0.29, 0.717) is 30.1 Å². The molecule has 17 heavy (non-hydrogen) atoms. The summed E-state index contributed by atoms with van der Waals surface area (Å²) < 4.78 is 0. The fourth-order valence-electron chi connectivity index (χ4n) is 3.70. The largest absolute Gasteiger partial charge is 0.390 e. The Kier molecular flexibility index (Phi) is 3.16. The molecule has 0 radical (unpaired) electrons. The number of hydrogen-bond acceptors (Lipinski definition) is 2. The maximum absolute atomic E-state index is 10.3. The van der Waals surface area contributed by atoms with Crippen LogP contribution < -0.4 is 0 Å². The van der Waals surface area contributed by atoms with E-state index in [1.54, 1.807) is 6.92 Å². The number of allylic oxidation sites excluding steroid dienone is 1. The van der Waals surface area contributed by atoms with Crippen molar-refractivity contribution in [1.82, 2.24) is 0 Å². The van der Waals surface area contributed by atoms with E-state index < -0.39 is 11.7 Å². The van der Waals surface area contributed by atoms with Gasteiger partial charge in [-0.05, 0) is 56.3 Å². The van der Waals surface area contributed by atoms with E-state index in [4.69, 9.17) is 0 Å². The molecule has 0 aromatic heterocycles. The molecule has 0 spiro atoms. The van der Waals surface area contributed by atoms with Crippen LogP contribution in [0.25, 0.3) is 0 Å². The van der Waals surface area contributed by atoms with Crippen LogP contribution in [0, 0.1) is 17.3 Å². The van der Waals surface area contributed by atoms with Crippen LogP contribution in [0.5, 0.6) is 0 Å². The van der Waals surface area contributed by atoms with Crippen molar-refractivity contribution in [2.75, 3.05) is 0 Å². The van der Waals surface area contributed by atoms with Gasteiger partial charge in [0.05, 0.1) is 11.7 Å². The second kappa shape index (κ2) is 4.10. The average molecular weight is 238 g/mol. The lowest BCUT2D eigenvalue weighted by Crippen LogP contribution is -2.45. The van der Waals surface area contributed by atoms with Gasteiger partial charge < -0.3 is 10.2 Å². The Morgan fingerprint density at radius 2 is 1.88 bits per heavy atom. The summed E-state index contributed by atoms with van der Waals surface area (Å²) in [5.41, 5.74) is 0.728. The summed E-state index contributed by atoms with van der Waals surface area (Å²) >= 11 is 0. The summed E-state index contributed by atoms with van der Waals surface area (Å²) in [6, 6.07) is 0. The zero-order valence-electron chi connectivity index (χ0n) is 11.4. The first kappa shape index (κ1) is 13.1. The second-order valence-corrected chi connectivity index (χ2v) is 7.01. The van der Waals surface area contributed by atoms with Gasteiger partial charge in [-0.25, -0.2) is 0 Å². The van der Waals surface area contributed by atoms with Gasteiger partial charge >= 0.3 is 0 Å². The normalized spacial score (nSPS) is 46.2. The average Bonchev–Trinajstić information content (AvgIpc) is 2.23. The van der Waals surface area contributed by atoms with Gasteiger partial charge in [0.15, 0.2) is 0 Å². The van der Waals surface area contributed by atoms with Crippen molar-refractivity contribution in [2.45, 2.75) is 64.6 Å². The number of aliphatic hydroxyl groups excluding tert-OH is 1. The molecule has 2 N–H and O–H groups in total. The fourth-order valence-corrected chi connectivity index (χ4v) is 3.70. The molecule has 2 aliphatic rings. The molecule has 0 saturated heterocycles. The van der Waals surface area contributed by atoms with Crippen molar-refractivity contribution in [2.24, 2.45) is 17.3 Å². The van der Waals surface area contributed by atoms with Crippen LogP contribution in [0.15, 0.2) is 12.2 Å². The molecular formula is C15H26O2. The number of hydrogen-bond donors (Lipinski definition) is 2. The predicted molar refractivity (Wildman–Crippen MR) is 69.6 cm³/mol. The third kappa shape index (κ3) is 2.30. The smallest absolute Gasteiger partial charge is 0.0877 e. The molecule has 2 nitrogen and oxygen atoms in total. The Balaban J connectivity index is 2.15. The number of rotatable bonds is 0. The van der Waals surface area contributed by atoms with Gasteiger partial charge in [-0.2, -0.15) is 0 Å². The number of fused-ring (bicyclic) bond motifs is 1. The molecule has 0 heterocycles. The van der Waals surface area contributed by atoms with E-state index in [-0.39, 0.29) is 0 Å². The van der Waals surface area contributed by atoms with Crippen LogP contribution in [0.4, 0.5) is 0 Å². The first-order valence-electron chi connectivity index (χ1n) is 6.82. The summed E-state index contributed by atoms with van der Waals surface area (Å²) in [5, 5.41) is 20.3. The summed E-state index contributed by atoms with van der Waals surface area (Å²) in [6.07, 6.45) is 3.81. The van der Waals surface area contributed by atoms with Crippen LogP contribution in [0.1, 0.15) is 52.9 Å². The molecule has 2 heteroatoms. The van der Waals surface area contributed by atoms with Gasteiger partial charge in [-0.15, -0.1) is 0 Å². The lowest BCUT2D eigenvalue weighted by molar-refractivity contribution is -0.0801. The highest BCUT2D eigenvalue weighted by molar-refractivity contribution is 5.14. The van der Waals surface area contributed by atoms with E-state index in [2.05, 4.69) is 20.4 Å². The highest BCUT2D eigenvalue weighted by Gasteiger charge is 2.49. The predicted octanol–water partition coefficient (Wildman–Crippen LogP) is 2.89. The van der Waals surface area contributed by atoms with Crippen LogP contribution in [0.2, 0.25) is 0 Å². The standard InChI is InChI=1S/C15H26O2/c1-10-5-6-13(16)15(4,17)8-7-12-11(10)9-14(12,2)3/h11-13,16-17H,1,5-9H2,2-4H3/t11-,12-,13-,15+/m1/s1. The molecule has 2 aliphatic carbocycles. The van der Waals surface area contributed by atoms with Crippen molar-refractivity contribution in [3.8, 4) is 0 Å². The topological polar surface area (TPSA) is 40.5 Å². The van der Waals surface area contributed by atoms with E-state index in [0.717, 1.165) is 12.8 Å². The molecule has 0 unspecified atom stereocenters. The van der Waals surface area contributed by atoms with Crippen molar-refractivity contribution >= 4 is 0 Å². The molecule has 98 valence electrons. The molecular weight excluding hydrogens is 212 g/mol. The second-order valence-electron chi connectivity index (χ2n) is 7.01. The Labute approximate surface area is 105 Å². The molecule has 4 atom stereocenters. The molecule has 0 amide bonds. The third-order valence-corrected chi connectivity index (χ3v) is 5.18. The van der Waals surface area contributed by atoms with Gasteiger partial charge in [0.25, 0.3) is 0 Å². The van der Waals surface area contributed by atoms with E-state index in [1.807, 2.05) is 0 Å². The lowest BCUT2D eigenvalue weighted by Gasteiger charge is -2.53. The van der Waals surface area contributed by atoms with Crippen molar-refractivity contribution in [3.63, 3.8) is 0 Å². The van der Waals surface area contributed by atoms with E-state index in [1.165, 1.54) is 12.0 Å². The third-order valence-electron chi connectivity index (χ3n) is 5.18. The summed E-state index contributed by atoms with van der Waals surface area (Å²) in [4.78, 5) is 0. The molecule has 0 bridgehead atoms. The quantitative estimate of drug-likeness (QED) is 0.637. The highest BCUT2D eigenvalue weighted by atomic mass is 16.3. The maximum atomic E-state index is 10.3. The maximum Gasteiger partial charge on any atom is 0.0877 e. The van der Waals surface area contributed by atoms with Crippen LogP contribution in [0.3, 0.4) is 0 Å². The zero-order valence-corrected chi connectivity index (χ0v) is 11.4. The Morgan fingerprint density at radius 1 is 1.24 bits per heavy atom. The lowest BCUT2D eigenvalue weighted by atomic mass is 9.52. The molecule has 2 fully saturated rings. The van der Waals surface area contributed by atoms with E-state index >= 15 is 0 Å². The van der Waals surface area contributed by atoms with E-state index in [9.17, 15) is 10.2 Å². The Morgan fingerprint density at radius 3 is 2.47 bits per heavy atom. The molecule has 2 rings (SSSR count). The minimum Gasteiger partial charge on any atom is -0.390 e. The van der Waals surface area contributed by atoms with Crippen LogP contribution in [-0.4, -0.2) is 21.9 Å². The van der Waals surface area contributed by atoms with Gasteiger partial charge in [-0.1, -0.05) is 26.0 Å². The number of aliphatic hydroxyl groups is 2. The van der Waals surface area contributed by atoms with Gasteiger partial charge in [0.1, 0.15) is 0 Å². The fraction of sp³-hybridized carbons (Fsp3) is 0.867. The summed E-state index contributed by atoms with van der Waals surface area (Å²) in [6.45, 7) is 10.6. The minimum atomic E-state index is -0.930. The van der Waals surface area contributed by atoms with Crippen molar-refractivity contribution in [1.29, 1.82) is 0 Å². The Bertz CT molecular complexity index is 317. The molecule has 0 aliphatic heterocycles. The summed E-state index contributed by atoms with van der Waals surface area (Å²) in [5.74, 6) is 1.25. The molecule has 2 saturated carbocycles. The van der Waals surface area contributed by atoms with Gasteiger partial charge in [-0.3, -0.25) is 0 Å². The first-order chi connectivity index (χ1) is 7.74.